The van der Waals surface area contributed by atoms with Gasteiger partial charge in [-0.2, -0.15) is 0 Å². The molecule has 0 aliphatic rings. The largest absolute Gasteiger partial charge is 0.309 e. The minimum absolute atomic E-state index is 0.219. The van der Waals surface area contributed by atoms with Crippen molar-refractivity contribution in [1.82, 2.24) is 19.9 Å². The first-order chi connectivity index (χ1) is 13.4. The Morgan fingerprint density at radius 1 is 1.29 bits per heavy atom. The Kier molecular flexibility index (Phi) is 5.11. The quantitative estimate of drug-likeness (QED) is 0.502. The lowest BCUT2D eigenvalue weighted by atomic mass is 10.2. The molecule has 0 saturated heterocycles. The zero-order chi connectivity index (χ0) is 19.8. The summed E-state index contributed by atoms with van der Waals surface area (Å²) in [7, 11) is 3.81. The number of rotatable bonds is 5. The molecule has 1 amide bonds. The average Bonchev–Trinajstić information content (AvgIpc) is 3.34. The van der Waals surface area contributed by atoms with Crippen LogP contribution in [-0.4, -0.2) is 39.9 Å². The van der Waals surface area contributed by atoms with E-state index >= 15 is 0 Å². The maximum Gasteiger partial charge on any atom is 0.267 e. The smallest absolute Gasteiger partial charge is 0.267 e. The summed E-state index contributed by atoms with van der Waals surface area (Å²) in [4.78, 5) is 41.1. The fourth-order valence-corrected chi connectivity index (χ4v) is 5.36. The lowest BCUT2D eigenvalue weighted by Gasteiger charge is -2.07. The molecule has 0 atom stereocenters. The summed E-state index contributed by atoms with van der Waals surface area (Å²) in [6.07, 6.45) is 0. The van der Waals surface area contributed by atoms with E-state index in [0.717, 1.165) is 10.6 Å². The third-order valence-corrected chi connectivity index (χ3v) is 6.85. The molecule has 144 valence electrons. The number of nitrogens with one attached hydrogen (secondary N) is 2. The third kappa shape index (κ3) is 3.63. The number of hydrogen-bond donors (Lipinski definition) is 2. The lowest BCUT2D eigenvalue weighted by Crippen LogP contribution is -2.18. The van der Waals surface area contributed by atoms with Crippen molar-refractivity contribution in [3.8, 4) is 10.6 Å². The summed E-state index contributed by atoms with van der Waals surface area (Å²) < 4.78 is 0. The summed E-state index contributed by atoms with van der Waals surface area (Å²) in [6, 6.07) is 3.96. The SMILES string of the molecule is Cc1c(C(=O)Nc2nc(-c3cccs3)cs2)sc2nc(CN(C)C)[nH]c(=O)c12. The highest BCUT2D eigenvalue weighted by atomic mass is 32.1. The molecule has 4 aromatic heterocycles. The second kappa shape index (κ2) is 7.55. The average molecular weight is 432 g/mol. The van der Waals surface area contributed by atoms with Crippen LogP contribution in [0.4, 0.5) is 5.13 Å². The van der Waals surface area contributed by atoms with Gasteiger partial charge in [-0.25, -0.2) is 9.97 Å². The molecule has 28 heavy (non-hydrogen) atoms. The van der Waals surface area contributed by atoms with Gasteiger partial charge in [-0.05, 0) is 38.0 Å². The molecule has 7 nitrogen and oxygen atoms in total. The Balaban J connectivity index is 1.63. The number of aryl methyl sites for hydroxylation is 1. The monoisotopic (exact) mass is 431 g/mol. The van der Waals surface area contributed by atoms with E-state index < -0.39 is 0 Å². The molecule has 0 unspecified atom stereocenters. The van der Waals surface area contributed by atoms with Crippen LogP contribution in [0.2, 0.25) is 0 Å². The van der Waals surface area contributed by atoms with Gasteiger partial charge < -0.3 is 9.88 Å². The molecule has 0 aromatic carbocycles. The Morgan fingerprint density at radius 3 is 2.82 bits per heavy atom. The molecule has 10 heteroatoms. The van der Waals surface area contributed by atoms with Gasteiger partial charge in [0.2, 0.25) is 0 Å². The summed E-state index contributed by atoms with van der Waals surface area (Å²) in [5.74, 6) is 0.303. The molecule has 0 bridgehead atoms. The van der Waals surface area contributed by atoms with Crippen molar-refractivity contribution >= 4 is 55.3 Å². The number of carbonyl (C=O) groups is 1. The van der Waals surface area contributed by atoms with Crippen molar-refractivity contribution in [3.63, 3.8) is 0 Å². The topological polar surface area (TPSA) is 91.0 Å². The predicted molar refractivity (Wildman–Crippen MR) is 116 cm³/mol. The van der Waals surface area contributed by atoms with Crippen LogP contribution in [0, 0.1) is 6.92 Å². The highest BCUT2D eigenvalue weighted by Gasteiger charge is 2.20. The van der Waals surface area contributed by atoms with Crippen LogP contribution in [0.5, 0.6) is 0 Å². The molecule has 4 rings (SSSR count). The van der Waals surface area contributed by atoms with Gasteiger partial charge in [0.1, 0.15) is 10.7 Å². The standard InChI is InChI=1S/C18H17N5O2S3/c1-9-13-15(24)20-12(7-23(2)3)21-17(13)28-14(9)16(25)22-18-19-10(8-27-18)11-5-4-6-26-11/h4-6,8H,7H2,1-3H3,(H,19,22,25)(H,20,21,24). The maximum absolute atomic E-state index is 12.8. The van der Waals surface area contributed by atoms with Crippen LogP contribution in [0.1, 0.15) is 21.1 Å². The summed E-state index contributed by atoms with van der Waals surface area (Å²) in [5.41, 5.74) is 1.26. The zero-order valence-corrected chi connectivity index (χ0v) is 17.8. The first kappa shape index (κ1) is 18.9. The number of hydrogen-bond acceptors (Lipinski definition) is 8. The van der Waals surface area contributed by atoms with Gasteiger partial charge in [-0.1, -0.05) is 6.07 Å². The van der Waals surface area contributed by atoms with Gasteiger partial charge in [-0.3, -0.25) is 14.9 Å². The fraction of sp³-hybridized carbons (Fsp3) is 0.222. The zero-order valence-electron chi connectivity index (χ0n) is 15.4. The maximum atomic E-state index is 12.8. The van der Waals surface area contributed by atoms with Gasteiger partial charge in [0.25, 0.3) is 11.5 Å². The second-order valence-corrected chi connectivity index (χ2v) is 9.26. The molecule has 0 aliphatic carbocycles. The Hall–Kier alpha value is -2.40. The summed E-state index contributed by atoms with van der Waals surface area (Å²) >= 11 is 4.20. The van der Waals surface area contributed by atoms with E-state index in [0.29, 0.717) is 38.2 Å². The van der Waals surface area contributed by atoms with Crippen LogP contribution in [0.3, 0.4) is 0 Å². The van der Waals surface area contributed by atoms with Crippen LogP contribution < -0.4 is 10.9 Å². The molecular weight excluding hydrogens is 414 g/mol. The molecule has 0 spiro atoms. The minimum atomic E-state index is -0.277. The van der Waals surface area contributed by atoms with Gasteiger partial charge >= 0.3 is 0 Å². The highest BCUT2D eigenvalue weighted by molar-refractivity contribution is 7.21. The molecule has 0 fully saturated rings. The van der Waals surface area contributed by atoms with Crippen LogP contribution in [0.25, 0.3) is 20.8 Å². The van der Waals surface area contributed by atoms with E-state index in [9.17, 15) is 9.59 Å². The van der Waals surface area contributed by atoms with E-state index in [1.54, 1.807) is 18.3 Å². The van der Waals surface area contributed by atoms with Gasteiger partial charge in [0, 0.05) is 5.38 Å². The Morgan fingerprint density at radius 2 is 2.11 bits per heavy atom. The number of aromatic nitrogens is 3. The summed E-state index contributed by atoms with van der Waals surface area (Å²) in [5, 5.41) is 7.75. The van der Waals surface area contributed by atoms with Crippen LogP contribution in [-0.2, 0) is 6.54 Å². The van der Waals surface area contributed by atoms with E-state index in [1.807, 2.05) is 41.9 Å². The lowest BCUT2D eigenvalue weighted by molar-refractivity contribution is 0.103. The van der Waals surface area contributed by atoms with Crippen molar-refractivity contribution in [2.45, 2.75) is 13.5 Å². The van der Waals surface area contributed by atoms with Crippen molar-refractivity contribution in [2.75, 3.05) is 19.4 Å². The minimum Gasteiger partial charge on any atom is -0.309 e. The molecular formula is C18H17N5O2S3. The summed E-state index contributed by atoms with van der Waals surface area (Å²) in [6.45, 7) is 2.30. The number of nitrogens with zero attached hydrogens (tertiary/aromatic N) is 3. The van der Waals surface area contributed by atoms with Gasteiger partial charge in [-0.15, -0.1) is 34.0 Å². The molecule has 0 aliphatic heterocycles. The van der Waals surface area contributed by atoms with E-state index in [2.05, 4.69) is 20.3 Å². The molecule has 0 radical (unpaired) electrons. The third-order valence-electron chi connectivity index (χ3n) is 4.02. The normalized spacial score (nSPS) is 11.4. The molecule has 4 aromatic rings. The van der Waals surface area contributed by atoms with Crippen molar-refractivity contribution in [3.05, 3.63) is 49.5 Å². The molecule has 2 N–H and O–H groups in total. The van der Waals surface area contributed by atoms with E-state index in [4.69, 9.17) is 0 Å². The fourth-order valence-electron chi connectivity index (χ4n) is 2.80. The van der Waals surface area contributed by atoms with Crippen LogP contribution >= 0.6 is 34.0 Å². The number of anilines is 1. The number of aromatic amines is 1. The molecule has 0 saturated carbocycles. The number of H-pyrrole nitrogens is 1. The first-order valence-corrected chi connectivity index (χ1v) is 11.0. The molecule has 4 heterocycles. The number of thiazole rings is 1. The van der Waals surface area contributed by atoms with Gasteiger partial charge in [0.15, 0.2) is 5.13 Å². The van der Waals surface area contributed by atoms with Crippen molar-refractivity contribution in [1.29, 1.82) is 0 Å². The Bertz CT molecular complexity index is 1200. The van der Waals surface area contributed by atoms with E-state index in [1.165, 1.54) is 22.7 Å². The number of carbonyl (C=O) groups excluding carboxylic acids is 1. The number of fused-ring (bicyclic) bond motifs is 1. The van der Waals surface area contributed by atoms with Crippen molar-refractivity contribution < 1.29 is 4.79 Å². The number of amides is 1. The first-order valence-electron chi connectivity index (χ1n) is 8.40. The van der Waals surface area contributed by atoms with Crippen molar-refractivity contribution in [2.24, 2.45) is 0 Å². The van der Waals surface area contributed by atoms with Crippen LogP contribution in [0.15, 0.2) is 27.7 Å². The Labute approximate surface area is 172 Å². The second-order valence-electron chi connectivity index (χ2n) is 6.46. The highest BCUT2D eigenvalue weighted by Crippen LogP contribution is 2.31. The number of thiophene rings is 2. The predicted octanol–water partition coefficient (Wildman–Crippen LogP) is 3.79. The van der Waals surface area contributed by atoms with E-state index in [-0.39, 0.29) is 11.5 Å². The van der Waals surface area contributed by atoms with Gasteiger partial charge in [0.05, 0.1) is 27.4 Å².